The first-order chi connectivity index (χ1) is 12.4. The average Bonchev–Trinajstić information content (AvgIpc) is 2.64. The Morgan fingerprint density at radius 1 is 1.23 bits per heavy atom. The zero-order valence-corrected chi connectivity index (χ0v) is 16.0. The first kappa shape index (κ1) is 21.3. The summed E-state index contributed by atoms with van der Waals surface area (Å²) in [5.74, 6) is -1.54. The smallest absolute Gasteiger partial charge is 0.292 e. The number of halogens is 2. The molecule has 0 radical (unpaired) electrons. The summed E-state index contributed by atoms with van der Waals surface area (Å²) in [5, 5.41) is 9.77. The van der Waals surface area contributed by atoms with E-state index in [-0.39, 0.29) is 18.3 Å². The summed E-state index contributed by atoms with van der Waals surface area (Å²) >= 11 is 0. The zero-order chi connectivity index (χ0) is 19.2. The normalized spacial score (nSPS) is 22.8. The first-order valence-electron chi connectivity index (χ1n) is 9.21. The molecular formula is C18H28F2NO4P. The number of ether oxygens (including phenoxy) is 1. The van der Waals surface area contributed by atoms with Crippen molar-refractivity contribution in [1.82, 2.24) is 5.25 Å². The highest BCUT2D eigenvalue weighted by Gasteiger charge is 2.26. The topological polar surface area (TPSA) is 78.8 Å². The van der Waals surface area contributed by atoms with Crippen LogP contribution < -0.4 is 9.99 Å². The summed E-state index contributed by atoms with van der Waals surface area (Å²) in [4.78, 5) is 9.16. The van der Waals surface area contributed by atoms with Gasteiger partial charge >= 0.3 is 0 Å². The number of benzene rings is 1. The van der Waals surface area contributed by atoms with Crippen LogP contribution >= 0.6 is 7.52 Å². The summed E-state index contributed by atoms with van der Waals surface area (Å²) in [6.45, 7) is 1.85. The van der Waals surface area contributed by atoms with Crippen LogP contribution in [0.5, 0.6) is 5.75 Å². The maximum Gasteiger partial charge on any atom is 0.292 e. The van der Waals surface area contributed by atoms with Crippen molar-refractivity contribution in [3.8, 4) is 5.75 Å². The summed E-state index contributed by atoms with van der Waals surface area (Å²) in [6, 6.07) is 2.92. The highest BCUT2D eigenvalue weighted by Crippen LogP contribution is 2.40. The van der Waals surface area contributed by atoms with Crippen LogP contribution in [0.3, 0.4) is 0 Å². The Morgan fingerprint density at radius 2 is 1.92 bits per heavy atom. The second-order valence-electron chi connectivity index (χ2n) is 7.01. The monoisotopic (exact) mass is 391 g/mol. The van der Waals surface area contributed by atoms with Gasteiger partial charge in [0.15, 0.2) is 11.6 Å². The van der Waals surface area contributed by atoms with Crippen LogP contribution in [0, 0.1) is 17.6 Å². The summed E-state index contributed by atoms with van der Waals surface area (Å²) in [6.07, 6.45) is 7.01. The van der Waals surface area contributed by atoms with Crippen molar-refractivity contribution >= 4 is 7.52 Å². The van der Waals surface area contributed by atoms with E-state index in [9.17, 15) is 13.3 Å². The van der Waals surface area contributed by atoms with Crippen molar-refractivity contribution < 1.29 is 28.2 Å². The predicted octanol–water partition coefficient (Wildman–Crippen LogP) is 4.97. The van der Waals surface area contributed by atoms with Crippen LogP contribution in [0.15, 0.2) is 12.1 Å². The minimum absolute atomic E-state index is 0.0210. The second kappa shape index (κ2) is 9.79. The van der Waals surface area contributed by atoms with E-state index in [1.807, 2.05) is 0 Å². The lowest BCUT2D eigenvalue weighted by atomic mass is 9.77. The highest BCUT2D eigenvalue weighted by atomic mass is 31.2. The van der Waals surface area contributed by atoms with Crippen molar-refractivity contribution in [1.29, 1.82) is 0 Å². The van der Waals surface area contributed by atoms with Crippen LogP contribution in [-0.2, 0) is 4.57 Å². The second-order valence-corrected chi connectivity index (χ2v) is 9.06. The highest BCUT2D eigenvalue weighted by molar-refractivity contribution is 7.55. The Bertz CT molecular complexity index is 636. The van der Waals surface area contributed by atoms with Crippen LogP contribution in [0.4, 0.5) is 8.78 Å². The molecule has 1 fully saturated rings. The Kier molecular flexibility index (Phi) is 8.02. The van der Waals surface area contributed by atoms with Gasteiger partial charge in [-0.1, -0.05) is 32.3 Å². The maximum atomic E-state index is 14.5. The fourth-order valence-corrected chi connectivity index (χ4v) is 4.00. The van der Waals surface area contributed by atoms with Gasteiger partial charge in [0, 0.05) is 0 Å². The van der Waals surface area contributed by atoms with E-state index in [4.69, 9.17) is 14.8 Å². The lowest BCUT2D eigenvalue weighted by Crippen LogP contribution is -2.16. The molecule has 0 spiro atoms. The standard InChI is InChI=1S/C18H28F2NO4P/c1-2-3-4-13-5-7-14(8-6-13)15-9-10-16(18(20)17(15)19)25-11-12-26(23,24)21-22/h9-10,13-14,22H,2-8,11-12H2,1H3,(H2,21,23,24). The van der Waals surface area contributed by atoms with E-state index in [2.05, 4.69) is 6.92 Å². The van der Waals surface area contributed by atoms with Crippen molar-refractivity contribution in [2.24, 2.45) is 5.92 Å². The van der Waals surface area contributed by atoms with Gasteiger partial charge in [0.05, 0.1) is 12.8 Å². The predicted molar refractivity (Wildman–Crippen MR) is 95.7 cm³/mol. The van der Waals surface area contributed by atoms with E-state index in [1.165, 1.54) is 30.6 Å². The molecule has 5 nitrogen and oxygen atoms in total. The largest absolute Gasteiger partial charge is 0.490 e. The third-order valence-corrected chi connectivity index (χ3v) is 6.24. The minimum Gasteiger partial charge on any atom is -0.490 e. The number of unbranched alkanes of at least 4 members (excludes halogenated alkanes) is 1. The zero-order valence-electron chi connectivity index (χ0n) is 15.1. The average molecular weight is 391 g/mol. The Hall–Kier alpha value is -1.01. The third-order valence-electron chi connectivity index (χ3n) is 5.14. The minimum atomic E-state index is -3.92. The summed E-state index contributed by atoms with van der Waals surface area (Å²) in [5.41, 5.74) is 0.383. The molecule has 3 N–H and O–H groups in total. The number of hydrogen-bond donors (Lipinski definition) is 3. The summed E-state index contributed by atoms with van der Waals surface area (Å²) < 4.78 is 45.0. The van der Waals surface area contributed by atoms with Crippen LogP contribution in [0.2, 0.25) is 0 Å². The third kappa shape index (κ3) is 5.74. The molecule has 1 atom stereocenters. The number of nitrogens with one attached hydrogen (secondary N) is 1. The van der Waals surface area contributed by atoms with Gasteiger partial charge in [-0.05, 0) is 49.1 Å². The molecule has 0 aromatic heterocycles. The molecule has 1 aliphatic rings. The first-order valence-corrected chi connectivity index (χ1v) is 11.1. The van der Waals surface area contributed by atoms with Gasteiger partial charge in [-0.25, -0.2) is 4.39 Å². The van der Waals surface area contributed by atoms with E-state index in [0.29, 0.717) is 11.5 Å². The molecule has 1 aliphatic carbocycles. The molecule has 0 amide bonds. The van der Waals surface area contributed by atoms with Crippen LogP contribution in [0.25, 0.3) is 0 Å². The van der Waals surface area contributed by atoms with E-state index in [0.717, 1.165) is 25.7 Å². The molecule has 0 heterocycles. The Balaban J connectivity index is 1.96. The molecular weight excluding hydrogens is 363 g/mol. The Morgan fingerprint density at radius 3 is 2.54 bits per heavy atom. The fourth-order valence-electron chi connectivity index (χ4n) is 3.56. The van der Waals surface area contributed by atoms with Gasteiger partial charge in [-0.3, -0.25) is 4.57 Å². The molecule has 1 aromatic rings. The van der Waals surface area contributed by atoms with Crippen LogP contribution in [-0.4, -0.2) is 22.9 Å². The van der Waals surface area contributed by atoms with Gasteiger partial charge in [-0.15, -0.1) is 5.25 Å². The molecule has 0 aliphatic heterocycles. The summed E-state index contributed by atoms with van der Waals surface area (Å²) in [7, 11) is -3.92. The molecule has 2 rings (SSSR count). The number of rotatable bonds is 9. The molecule has 26 heavy (non-hydrogen) atoms. The Labute approximate surface area is 153 Å². The quantitative estimate of drug-likeness (QED) is 0.409. The molecule has 0 saturated heterocycles. The lowest BCUT2D eigenvalue weighted by molar-refractivity contribution is 0.218. The molecule has 8 heteroatoms. The van der Waals surface area contributed by atoms with Crippen molar-refractivity contribution in [2.45, 2.75) is 57.8 Å². The van der Waals surface area contributed by atoms with E-state index in [1.54, 1.807) is 6.07 Å². The van der Waals surface area contributed by atoms with Gasteiger partial charge in [0.2, 0.25) is 5.82 Å². The van der Waals surface area contributed by atoms with Crippen molar-refractivity contribution in [3.63, 3.8) is 0 Å². The van der Waals surface area contributed by atoms with Crippen molar-refractivity contribution in [2.75, 3.05) is 12.8 Å². The fraction of sp³-hybridized carbons (Fsp3) is 0.667. The van der Waals surface area contributed by atoms with Gasteiger partial charge in [0.25, 0.3) is 7.52 Å². The molecule has 148 valence electrons. The van der Waals surface area contributed by atoms with E-state index >= 15 is 0 Å². The van der Waals surface area contributed by atoms with Gasteiger partial charge in [-0.2, -0.15) is 4.39 Å². The molecule has 1 unspecified atom stereocenters. The van der Waals surface area contributed by atoms with Crippen molar-refractivity contribution in [3.05, 3.63) is 29.3 Å². The maximum absolute atomic E-state index is 14.5. The van der Waals surface area contributed by atoms with Gasteiger partial charge < -0.3 is 14.8 Å². The molecule has 1 saturated carbocycles. The van der Waals surface area contributed by atoms with Crippen LogP contribution in [0.1, 0.15) is 63.4 Å². The molecule has 1 aromatic carbocycles. The lowest BCUT2D eigenvalue weighted by Gasteiger charge is -2.29. The SMILES string of the molecule is CCCCC1CCC(c2ccc(OCCP(=O)(O)NO)c(F)c2F)CC1. The number of hydrogen-bond acceptors (Lipinski definition) is 3. The van der Waals surface area contributed by atoms with E-state index < -0.39 is 25.3 Å². The molecule has 0 bridgehead atoms. The van der Waals surface area contributed by atoms with Gasteiger partial charge in [0.1, 0.15) is 0 Å².